The van der Waals surface area contributed by atoms with Gasteiger partial charge in [0.15, 0.2) is 0 Å². The summed E-state index contributed by atoms with van der Waals surface area (Å²) in [4.78, 5) is 0. The van der Waals surface area contributed by atoms with Crippen LogP contribution in [0.2, 0.25) is 0 Å². The van der Waals surface area contributed by atoms with Crippen LogP contribution < -0.4 is 0 Å². The van der Waals surface area contributed by atoms with Gasteiger partial charge in [-0.2, -0.15) is 0 Å². The summed E-state index contributed by atoms with van der Waals surface area (Å²) in [6.07, 6.45) is 14.2. The molecular formula is C18H40. The second kappa shape index (κ2) is 17.0. The Kier molecular flexibility index (Phi) is 19.2. The fraction of sp³-hybridized carbons (Fsp3) is 1.00. The van der Waals surface area contributed by atoms with Crippen molar-refractivity contribution in [3.63, 3.8) is 0 Å². The summed E-state index contributed by atoms with van der Waals surface area (Å²) in [6, 6.07) is 0. The predicted molar refractivity (Wildman–Crippen MR) is 87.2 cm³/mol. The molecular weight excluding hydrogens is 216 g/mol. The largest absolute Gasteiger partial charge is 0.0654 e. The van der Waals surface area contributed by atoms with Crippen LogP contribution in [0.15, 0.2) is 0 Å². The maximum absolute atomic E-state index is 2.34. The maximum atomic E-state index is 2.34. The summed E-state index contributed by atoms with van der Waals surface area (Å²) in [5.74, 6) is 1.94. The van der Waals surface area contributed by atoms with E-state index in [2.05, 4.69) is 41.5 Å². The van der Waals surface area contributed by atoms with Crippen LogP contribution in [-0.2, 0) is 0 Å². The zero-order chi connectivity index (χ0) is 14.2. The predicted octanol–water partition coefficient (Wildman–Crippen LogP) is 7.23. The molecule has 1 aliphatic rings. The molecule has 0 unspecified atom stereocenters. The van der Waals surface area contributed by atoms with Crippen LogP contribution in [0.5, 0.6) is 0 Å². The molecule has 0 aromatic rings. The minimum absolute atomic E-state index is 0.898. The third-order valence-electron chi connectivity index (χ3n) is 3.47. The third kappa shape index (κ3) is 21.3. The molecule has 112 valence electrons. The van der Waals surface area contributed by atoms with Gasteiger partial charge in [0.2, 0.25) is 0 Å². The average Bonchev–Trinajstić information content (AvgIpc) is 2.79. The molecule has 1 aliphatic carbocycles. The first-order valence-corrected chi connectivity index (χ1v) is 8.58. The lowest BCUT2D eigenvalue weighted by Gasteiger charge is -1.95. The highest BCUT2D eigenvalue weighted by atomic mass is 14.1. The normalized spacial score (nSPS) is 14.8. The van der Waals surface area contributed by atoms with Crippen molar-refractivity contribution < 1.29 is 0 Å². The van der Waals surface area contributed by atoms with Crippen LogP contribution in [0.1, 0.15) is 106 Å². The van der Waals surface area contributed by atoms with Gasteiger partial charge in [-0.05, 0) is 11.8 Å². The second-order valence-electron chi connectivity index (χ2n) is 6.28. The quantitative estimate of drug-likeness (QED) is 0.455. The molecule has 0 aliphatic heterocycles. The van der Waals surface area contributed by atoms with Crippen LogP contribution in [0.25, 0.3) is 0 Å². The van der Waals surface area contributed by atoms with Gasteiger partial charge in [0.1, 0.15) is 0 Å². The zero-order valence-corrected chi connectivity index (χ0v) is 14.2. The first-order valence-electron chi connectivity index (χ1n) is 8.58. The Morgan fingerprint density at radius 1 is 0.833 bits per heavy atom. The summed E-state index contributed by atoms with van der Waals surface area (Å²) in [5.41, 5.74) is 0. The number of rotatable bonds is 5. The van der Waals surface area contributed by atoms with Gasteiger partial charge in [-0.3, -0.25) is 0 Å². The molecule has 18 heavy (non-hydrogen) atoms. The smallest absolute Gasteiger partial charge is 0.0443 e. The molecule has 0 aromatic carbocycles. The minimum Gasteiger partial charge on any atom is -0.0654 e. The van der Waals surface area contributed by atoms with Crippen LogP contribution in [0.3, 0.4) is 0 Å². The Bertz CT molecular complexity index is 116. The van der Waals surface area contributed by atoms with E-state index in [1.165, 1.54) is 64.2 Å². The second-order valence-corrected chi connectivity index (χ2v) is 6.28. The monoisotopic (exact) mass is 256 g/mol. The van der Waals surface area contributed by atoms with E-state index in [1.807, 2.05) is 0 Å². The van der Waals surface area contributed by atoms with Gasteiger partial charge in [0, 0.05) is 0 Å². The van der Waals surface area contributed by atoms with Gasteiger partial charge in [-0.25, -0.2) is 0 Å². The topological polar surface area (TPSA) is 0 Å². The Morgan fingerprint density at radius 3 is 1.39 bits per heavy atom. The maximum Gasteiger partial charge on any atom is -0.0443 e. The molecule has 0 radical (unpaired) electrons. The summed E-state index contributed by atoms with van der Waals surface area (Å²) in [6.45, 7) is 13.5. The molecule has 0 nitrogen and oxygen atoms in total. The first-order chi connectivity index (χ1) is 8.58. The summed E-state index contributed by atoms with van der Waals surface area (Å²) < 4.78 is 0. The third-order valence-corrected chi connectivity index (χ3v) is 3.47. The van der Waals surface area contributed by atoms with Gasteiger partial charge in [0.05, 0.1) is 0 Å². The van der Waals surface area contributed by atoms with Gasteiger partial charge in [-0.1, -0.05) is 106 Å². The number of hydrogen-bond donors (Lipinski definition) is 0. The van der Waals surface area contributed by atoms with Crippen molar-refractivity contribution in [2.75, 3.05) is 0 Å². The molecule has 0 heteroatoms. The van der Waals surface area contributed by atoms with Gasteiger partial charge in [0.25, 0.3) is 0 Å². The molecule has 0 spiro atoms. The van der Waals surface area contributed by atoms with E-state index >= 15 is 0 Å². The Balaban J connectivity index is 0. The highest BCUT2D eigenvalue weighted by Gasteiger charge is 2.07. The lowest BCUT2D eigenvalue weighted by atomic mass is 10.1. The molecule has 0 heterocycles. The van der Waals surface area contributed by atoms with E-state index in [4.69, 9.17) is 0 Å². The lowest BCUT2D eigenvalue weighted by molar-refractivity contribution is 0.576. The van der Waals surface area contributed by atoms with Gasteiger partial charge < -0.3 is 0 Å². The Labute approximate surface area is 118 Å². The average molecular weight is 257 g/mol. The van der Waals surface area contributed by atoms with Crippen molar-refractivity contribution in [2.24, 2.45) is 11.8 Å². The van der Waals surface area contributed by atoms with Crippen molar-refractivity contribution in [3.8, 4) is 0 Å². The van der Waals surface area contributed by atoms with E-state index < -0.39 is 0 Å². The van der Waals surface area contributed by atoms with Crippen molar-refractivity contribution >= 4 is 0 Å². The molecule has 0 amide bonds. The summed E-state index contributed by atoms with van der Waals surface area (Å²) in [5, 5.41) is 0. The zero-order valence-electron chi connectivity index (χ0n) is 14.2. The number of hydrogen-bond acceptors (Lipinski definition) is 0. The first kappa shape index (κ1) is 20.3. The van der Waals surface area contributed by atoms with Crippen LogP contribution in [0.4, 0.5) is 0 Å². The van der Waals surface area contributed by atoms with Crippen LogP contribution in [-0.4, -0.2) is 0 Å². The molecule has 1 saturated carbocycles. The molecule has 0 saturated heterocycles. The minimum atomic E-state index is 0.898. The van der Waals surface area contributed by atoms with Gasteiger partial charge >= 0.3 is 0 Å². The fourth-order valence-corrected chi connectivity index (χ4v) is 2.21. The molecule has 0 bridgehead atoms. The summed E-state index contributed by atoms with van der Waals surface area (Å²) >= 11 is 0. The van der Waals surface area contributed by atoms with Crippen LogP contribution >= 0.6 is 0 Å². The van der Waals surface area contributed by atoms with E-state index in [0.717, 1.165) is 11.8 Å². The van der Waals surface area contributed by atoms with E-state index in [0.29, 0.717) is 0 Å². The highest BCUT2D eigenvalue weighted by molar-refractivity contribution is 4.60. The van der Waals surface area contributed by atoms with Crippen molar-refractivity contribution in [1.82, 2.24) is 0 Å². The van der Waals surface area contributed by atoms with Crippen molar-refractivity contribution in [2.45, 2.75) is 106 Å². The van der Waals surface area contributed by atoms with E-state index in [1.54, 1.807) is 0 Å². The van der Waals surface area contributed by atoms with Crippen molar-refractivity contribution in [3.05, 3.63) is 0 Å². The van der Waals surface area contributed by atoms with E-state index in [9.17, 15) is 0 Å². The van der Waals surface area contributed by atoms with Crippen molar-refractivity contribution in [1.29, 1.82) is 0 Å². The molecule has 0 N–H and O–H groups in total. The standard InChI is InChI=1S/C6H12.2C6H14/c1-6-4-2-3-5-6;1-4-5-6(2)3;1-3-5-6-4-2/h6H,2-5H2,1H3;6H,4-5H2,1-3H3;3-6H2,1-2H3. The Hall–Kier alpha value is 0. The Morgan fingerprint density at radius 2 is 1.28 bits per heavy atom. The molecule has 0 atom stereocenters. The fourth-order valence-electron chi connectivity index (χ4n) is 2.21. The molecule has 0 aromatic heterocycles. The SMILES string of the molecule is CC1CCCC1.CCCC(C)C.CCCCCC. The molecule has 1 fully saturated rings. The van der Waals surface area contributed by atoms with E-state index in [-0.39, 0.29) is 0 Å². The molecule has 1 rings (SSSR count). The van der Waals surface area contributed by atoms with Gasteiger partial charge in [-0.15, -0.1) is 0 Å². The van der Waals surface area contributed by atoms with Crippen LogP contribution in [0, 0.1) is 11.8 Å². The number of unbranched alkanes of at least 4 members (excludes halogenated alkanes) is 3. The lowest BCUT2D eigenvalue weighted by Crippen LogP contribution is -1.81. The summed E-state index contributed by atoms with van der Waals surface area (Å²) in [7, 11) is 0. The highest BCUT2D eigenvalue weighted by Crippen LogP contribution is 2.22.